The summed E-state index contributed by atoms with van der Waals surface area (Å²) in [6.45, 7) is 6.20. The third-order valence-electron chi connectivity index (χ3n) is 5.59. The number of rotatable bonds is 3. The van der Waals surface area contributed by atoms with Crippen LogP contribution in [-0.4, -0.2) is 34.8 Å². The van der Waals surface area contributed by atoms with Crippen LogP contribution in [0.5, 0.6) is 0 Å². The van der Waals surface area contributed by atoms with E-state index in [0.29, 0.717) is 11.6 Å². The first-order chi connectivity index (χ1) is 12.1. The fourth-order valence-corrected chi connectivity index (χ4v) is 4.09. The van der Waals surface area contributed by atoms with E-state index in [-0.39, 0.29) is 24.4 Å². The smallest absolute Gasteiger partial charge is 0.272 e. The summed E-state index contributed by atoms with van der Waals surface area (Å²) in [7, 11) is 0. The quantitative estimate of drug-likeness (QED) is 0.868. The fraction of sp³-hybridized carbons (Fsp3) is 0.500. The zero-order valence-corrected chi connectivity index (χ0v) is 16.2. The number of halogens is 1. The van der Waals surface area contributed by atoms with Crippen molar-refractivity contribution in [2.45, 2.75) is 45.6 Å². The maximum atomic E-state index is 12.9. The van der Waals surface area contributed by atoms with Crippen molar-refractivity contribution in [2.24, 2.45) is 5.92 Å². The Morgan fingerprint density at radius 1 is 1.31 bits per heavy atom. The molecule has 2 heterocycles. The van der Waals surface area contributed by atoms with Gasteiger partial charge in [-0.2, -0.15) is 5.10 Å². The van der Waals surface area contributed by atoms with Gasteiger partial charge in [-0.25, -0.2) is 4.68 Å². The van der Waals surface area contributed by atoms with Crippen molar-refractivity contribution in [3.63, 3.8) is 0 Å². The number of amides is 1. The molecule has 0 saturated carbocycles. The van der Waals surface area contributed by atoms with Gasteiger partial charge in [-0.1, -0.05) is 25.1 Å². The van der Waals surface area contributed by atoms with Gasteiger partial charge in [-0.3, -0.25) is 4.79 Å². The molecule has 1 aromatic heterocycles. The van der Waals surface area contributed by atoms with E-state index in [9.17, 15) is 4.79 Å². The van der Waals surface area contributed by atoms with Crippen LogP contribution in [0.25, 0.3) is 5.69 Å². The Bertz CT molecular complexity index is 801. The average molecular weight is 375 g/mol. The highest BCUT2D eigenvalue weighted by Crippen LogP contribution is 2.29. The van der Waals surface area contributed by atoms with E-state index in [0.717, 1.165) is 50.0 Å². The highest BCUT2D eigenvalue weighted by Gasteiger charge is 2.30. The molecular formula is C20H27ClN4O. The van der Waals surface area contributed by atoms with Crippen molar-refractivity contribution in [3.8, 4) is 5.69 Å². The molecule has 1 aliphatic carbocycles. The van der Waals surface area contributed by atoms with Gasteiger partial charge in [0.25, 0.3) is 5.91 Å². The second-order valence-electron chi connectivity index (χ2n) is 7.38. The Morgan fingerprint density at radius 2 is 2.12 bits per heavy atom. The summed E-state index contributed by atoms with van der Waals surface area (Å²) in [5.41, 5.74) is 5.23. The first-order valence-electron chi connectivity index (χ1n) is 9.33. The molecule has 2 atom stereocenters. The van der Waals surface area contributed by atoms with Gasteiger partial charge in [0.05, 0.1) is 5.69 Å². The van der Waals surface area contributed by atoms with Gasteiger partial charge < -0.3 is 10.6 Å². The van der Waals surface area contributed by atoms with Crippen molar-refractivity contribution in [2.75, 3.05) is 13.1 Å². The van der Waals surface area contributed by atoms with Crippen LogP contribution < -0.4 is 10.6 Å². The largest absolute Gasteiger partial charge is 0.348 e. The number of carbonyl (C=O) groups excluding carboxylic acids is 1. The Balaban J connectivity index is 0.00000196. The Hall–Kier alpha value is -1.85. The Kier molecular flexibility index (Phi) is 5.68. The monoisotopic (exact) mass is 374 g/mol. The van der Waals surface area contributed by atoms with Crippen LogP contribution in [0.1, 0.15) is 47.1 Å². The topological polar surface area (TPSA) is 59.0 Å². The molecule has 1 aromatic carbocycles. The lowest BCUT2D eigenvalue weighted by Gasteiger charge is -2.30. The summed E-state index contributed by atoms with van der Waals surface area (Å²) in [6, 6.07) is 8.47. The molecule has 0 bridgehead atoms. The summed E-state index contributed by atoms with van der Waals surface area (Å²) < 4.78 is 2.00. The SMILES string of the molecule is Cc1ccccc1-n1nc(C(=O)NC2CCNCC2C)c2c1CCC2.Cl. The number of benzene rings is 1. The second-order valence-corrected chi connectivity index (χ2v) is 7.38. The fourth-order valence-electron chi connectivity index (χ4n) is 4.09. The molecule has 4 rings (SSSR count). The molecule has 2 N–H and O–H groups in total. The van der Waals surface area contributed by atoms with E-state index in [4.69, 9.17) is 5.10 Å². The van der Waals surface area contributed by atoms with Crippen LogP contribution in [0.3, 0.4) is 0 Å². The number of aryl methyl sites for hydroxylation is 1. The first-order valence-corrected chi connectivity index (χ1v) is 9.33. The van der Waals surface area contributed by atoms with Crippen molar-refractivity contribution < 1.29 is 4.79 Å². The normalized spacial score (nSPS) is 21.8. The molecule has 1 aliphatic heterocycles. The van der Waals surface area contributed by atoms with Crippen molar-refractivity contribution in [1.29, 1.82) is 0 Å². The maximum Gasteiger partial charge on any atom is 0.272 e. The highest BCUT2D eigenvalue weighted by molar-refractivity contribution is 5.94. The number of aromatic nitrogens is 2. The minimum absolute atomic E-state index is 0. The molecule has 1 fully saturated rings. The zero-order valence-electron chi connectivity index (χ0n) is 15.4. The predicted octanol–water partition coefficient (Wildman–Crippen LogP) is 2.82. The van der Waals surface area contributed by atoms with E-state index < -0.39 is 0 Å². The van der Waals surface area contributed by atoms with Crippen LogP contribution in [-0.2, 0) is 12.8 Å². The standard InChI is InChI=1S/C20H26N4O.ClH/c1-13-6-3-4-8-17(13)24-18-9-5-7-15(18)19(23-24)20(25)22-16-10-11-21-12-14(16)2;/h3-4,6,8,14,16,21H,5,7,9-12H2,1-2H3,(H,22,25);1H. The molecule has 5 nitrogen and oxygen atoms in total. The van der Waals surface area contributed by atoms with Gasteiger partial charge in [-0.15, -0.1) is 12.4 Å². The number of fused-ring (bicyclic) bond motifs is 1. The van der Waals surface area contributed by atoms with Crippen LogP contribution in [0.15, 0.2) is 24.3 Å². The number of piperidine rings is 1. The molecule has 1 saturated heterocycles. The maximum absolute atomic E-state index is 12.9. The minimum Gasteiger partial charge on any atom is -0.348 e. The lowest BCUT2D eigenvalue weighted by Crippen LogP contribution is -2.48. The van der Waals surface area contributed by atoms with E-state index in [1.807, 2.05) is 16.8 Å². The molecule has 2 aliphatic rings. The van der Waals surface area contributed by atoms with E-state index in [1.165, 1.54) is 11.3 Å². The van der Waals surface area contributed by atoms with Crippen molar-refractivity contribution >= 4 is 18.3 Å². The van der Waals surface area contributed by atoms with Crippen LogP contribution in [0.4, 0.5) is 0 Å². The Labute approximate surface area is 161 Å². The molecular weight excluding hydrogens is 348 g/mol. The third-order valence-corrected chi connectivity index (χ3v) is 5.59. The molecule has 0 spiro atoms. The van der Waals surface area contributed by atoms with E-state index >= 15 is 0 Å². The number of nitrogens with zero attached hydrogens (tertiary/aromatic N) is 2. The summed E-state index contributed by atoms with van der Waals surface area (Å²) in [5.74, 6) is 0.438. The van der Waals surface area contributed by atoms with Crippen molar-refractivity contribution in [3.05, 3.63) is 46.8 Å². The lowest BCUT2D eigenvalue weighted by atomic mass is 9.95. The number of para-hydroxylation sites is 1. The van der Waals surface area contributed by atoms with E-state index in [1.54, 1.807) is 0 Å². The Morgan fingerprint density at radius 3 is 2.88 bits per heavy atom. The van der Waals surface area contributed by atoms with Gasteiger partial charge >= 0.3 is 0 Å². The highest BCUT2D eigenvalue weighted by atomic mass is 35.5. The summed E-state index contributed by atoms with van der Waals surface area (Å²) >= 11 is 0. The van der Waals surface area contributed by atoms with Gasteiger partial charge in [-0.05, 0) is 63.2 Å². The number of carbonyl (C=O) groups is 1. The van der Waals surface area contributed by atoms with Crippen LogP contribution in [0.2, 0.25) is 0 Å². The molecule has 2 aromatic rings. The van der Waals surface area contributed by atoms with Crippen LogP contribution in [0, 0.1) is 12.8 Å². The zero-order chi connectivity index (χ0) is 17.4. The lowest BCUT2D eigenvalue weighted by molar-refractivity contribution is 0.0907. The first kappa shape index (κ1) is 18.9. The molecule has 140 valence electrons. The molecule has 0 radical (unpaired) electrons. The summed E-state index contributed by atoms with van der Waals surface area (Å²) in [4.78, 5) is 12.9. The van der Waals surface area contributed by atoms with E-state index in [2.05, 4.69) is 36.6 Å². The van der Waals surface area contributed by atoms with Crippen LogP contribution >= 0.6 is 12.4 Å². The third kappa shape index (κ3) is 3.38. The number of hydrogen-bond donors (Lipinski definition) is 2. The molecule has 2 unspecified atom stereocenters. The molecule has 1 amide bonds. The minimum atomic E-state index is -0.00997. The predicted molar refractivity (Wildman–Crippen MR) is 105 cm³/mol. The average Bonchev–Trinajstić information content (AvgIpc) is 3.20. The summed E-state index contributed by atoms with van der Waals surface area (Å²) in [5, 5.41) is 11.4. The summed E-state index contributed by atoms with van der Waals surface area (Å²) in [6.07, 6.45) is 4.02. The van der Waals surface area contributed by atoms with Gasteiger partial charge in [0.2, 0.25) is 0 Å². The van der Waals surface area contributed by atoms with Gasteiger partial charge in [0.15, 0.2) is 5.69 Å². The van der Waals surface area contributed by atoms with Gasteiger partial charge in [0, 0.05) is 17.3 Å². The number of hydrogen-bond acceptors (Lipinski definition) is 3. The molecule has 26 heavy (non-hydrogen) atoms. The second kappa shape index (κ2) is 7.80. The van der Waals surface area contributed by atoms with Gasteiger partial charge in [0.1, 0.15) is 0 Å². The number of nitrogens with one attached hydrogen (secondary N) is 2. The molecule has 6 heteroatoms. The van der Waals surface area contributed by atoms with Crippen molar-refractivity contribution in [1.82, 2.24) is 20.4 Å².